The Morgan fingerprint density at radius 2 is 1.84 bits per heavy atom. The summed E-state index contributed by atoms with van der Waals surface area (Å²) in [4.78, 5) is 0. The minimum Gasteiger partial charge on any atom is -0.390 e. The molecule has 1 aromatic carbocycles. The molecule has 0 bridgehead atoms. The van der Waals surface area contributed by atoms with E-state index in [0.717, 1.165) is 5.56 Å². The monoisotopic (exact) mass is 276 g/mol. The minimum absolute atomic E-state index is 0.0596. The third kappa shape index (κ3) is 7.15. The highest BCUT2D eigenvalue weighted by atomic mass is 19.4. The molecule has 0 aromatic heterocycles. The lowest BCUT2D eigenvalue weighted by atomic mass is 10.0. The number of nitrogens with one attached hydrogen (secondary N) is 1. The van der Waals surface area contributed by atoms with Crippen molar-refractivity contribution in [2.24, 2.45) is 5.73 Å². The van der Waals surface area contributed by atoms with E-state index >= 15 is 0 Å². The Balaban J connectivity index is 2.24. The van der Waals surface area contributed by atoms with Crippen molar-refractivity contribution in [3.63, 3.8) is 0 Å². The van der Waals surface area contributed by atoms with Crippen LogP contribution in [0.5, 0.6) is 0 Å². The van der Waals surface area contributed by atoms with Crippen LogP contribution in [0.2, 0.25) is 0 Å². The van der Waals surface area contributed by atoms with Crippen molar-refractivity contribution in [3.05, 3.63) is 35.9 Å². The summed E-state index contributed by atoms with van der Waals surface area (Å²) in [5, 5.41) is 12.3. The molecule has 1 rings (SSSR count). The second-order valence-corrected chi connectivity index (χ2v) is 4.49. The number of hydrogen-bond acceptors (Lipinski definition) is 3. The first-order valence-corrected chi connectivity index (χ1v) is 6.13. The number of benzene rings is 1. The van der Waals surface area contributed by atoms with Gasteiger partial charge in [0.2, 0.25) is 0 Å². The molecule has 1 aromatic rings. The molecule has 0 aliphatic heterocycles. The SMILES string of the molecule is N[C@@H](Cc1ccccc1)[C@H](O)CNCCC(F)(F)F. The zero-order chi connectivity index (χ0) is 14.3. The van der Waals surface area contributed by atoms with Crippen molar-refractivity contribution in [1.82, 2.24) is 5.32 Å². The number of nitrogens with two attached hydrogens (primary N) is 1. The fraction of sp³-hybridized carbons (Fsp3) is 0.538. The Kier molecular flexibility index (Phi) is 6.27. The number of alkyl halides is 3. The second-order valence-electron chi connectivity index (χ2n) is 4.49. The summed E-state index contributed by atoms with van der Waals surface area (Å²) in [6, 6.07) is 8.91. The first-order valence-electron chi connectivity index (χ1n) is 6.13. The van der Waals surface area contributed by atoms with Gasteiger partial charge in [-0.1, -0.05) is 30.3 Å². The number of aliphatic hydroxyl groups is 1. The lowest BCUT2D eigenvalue weighted by molar-refractivity contribution is -0.133. The molecule has 0 aliphatic carbocycles. The van der Waals surface area contributed by atoms with Gasteiger partial charge >= 0.3 is 6.18 Å². The van der Waals surface area contributed by atoms with E-state index in [1.807, 2.05) is 30.3 Å². The third-order valence-electron chi connectivity index (χ3n) is 2.75. The minimum atomic E-state index is -4.18. The molecule has 0 amide bonds. The topological polar surface area (TPSA) is 58.3 Å². The summed E-state index contributed by atoms with van der Waals surface area (Å²) in [7, 11) is 0. The van der Waals surface area contributed by atoms with E-state index in [1.54, 1.807) is 0 Å². The molecule has 6 heteroatoms. The molecule has 19 heavy (non-hydrogen) atoms. The molecular formula is C13H19F3N2O. The Morgan fingerprint density at radius 3 is 2.42 bits per heavy atom. The highest BCUT2D eigenvalue weighted by Crippen LogP contribution is 2.18. The molecular weight excluding hydrogens is 257 g/mol. The highest BCUT2D eigenvalue weighted by molar-refractivity contribution is 5.16. The van der Waals surface area contributed by atoms with Gasteiger partial charge in [0.15, 0.2) is 0 Å². The highest BCUT2D eigenvalue weighted by Gasteiger charge is 2.26. The second kappa shape index (κ2) is 7.47. The fourth-order valence-electron chi connectivity index (χ4n) is 1.65. The fourth-order valence-corrected chi connectivity index (χ4v) is 1.65. The summed E-state index contributed by atoms with van der Waals surface area (Å²) >= 11 is 0. The summed E-state index contributed by atoms with van der Waals surface area (Å²) in [5.41, 5.74) is 6.80. The van der Waals surface area contributed by atoms with Gasteiger partial charge in [-0.2, -0.15) is 13.2 Å². The molecule has 4 N–H and O–H groups in total. The quantitative estimate of drug-likeness (QED) is 0.661. The molecule has 0 heterocycles. The van der Waals surface area contributed by atoms with Crippen LogP contribution in [0.25, 0.3) is 0 Å². The molecule has 0 unspecified atom stereocenters. The Labute approximate surface area is 110 Å². The van der Waals surface area contributed by atoms with Gasteiger partial charge < -0.3 is 16.2 Å². The van der Waals surface area contributed by atoms with Gasteiger partial charge in [-0.05, 0) is 12.0 Å². The van der Waals surface area contributed by atoms with E-state index in [2.05, 4.69) is 5.32 Å². The van der Waals surface area contributed by atoms with E-state index in [1.165, 1.54) is 0 Å². The van der Waals surface area contributed by atoms with Crippen LogP contribution in [0.15, 0.2) is 30.3 Å². The van der Waals surface area contributed by atoms with Crippen LogP contribution in [0.3, 0.4) is 0 Å². The van der Waals surface area contributed by atoms with Gasteiger partial charge in [-0.25, -0.2) is 0 Å². The predicted octanol–water partition coefficient (Wildman–Crippen LogP) is 1.46. The van der Waals surface area contributed by atoms with Crippen molar-refractivity contribution < 1.29 is 18.3 Å². The van der Waals surface area contributed by atoms with Crippen molar-refractivity contribution in [3.8, 4) is 0 Å². The molecule has 0 aliphatic rings. The molecule has 0 fully saturated rings. The van der Waals surface area contributed by atoms with Crippen LogP contribution in [-0.4, -0.2) is 36.5 Å². The van der Waals surface area contributed by atoms with Gasteiger partial charge in [0.1, 0.15) is 0 Å². The number of rotatable bonds is 7. The number of hydrogen-bond donors (Lipinski definition) is 3. The molecule has 3 nitrogen and oxygen atoms in total. The molecule has 0 saturated heterocycles. The number of halogens is 3. The summed E-state index contributed by atoms with van der Waals surface area (Å²) in [6.45, 7) is -0.150. The van der Waals surface area contributed by atoms with Crippen molar-refractivity contribution in [2.75, 3.05) is 13.1 Å². The normalized spacial score (nSPS) is 15.2. The summed E-state index contributed by atoms with van der Waals surface area (Å²) in [5.74, 6) is 0. The maximum absolute atomic E-state index is 11.9. The van der Waals surface area contributed by atoms with Gasteiger partial charge in [-0.3, -0.25) is 0 Å². The maximum Gasteiger partial charge on any atom is 0.390 e. The lowest BCUT2D eigenvalue weighted by Crippen LogP contribution is -2.43. The van der Waals surface area contributed by atoms with Crippen LogP contribution in [0.1, 0.15) is 12.0 Å². The Bertz CT molecular complexity index is 357. The predicted molar refractivity (Wildman–Crippen MR) is 67.7 cm³/mol. The zero-order valence-electron chi connectivity index (χ0n) is 10.5. The molecule has 108 valence electrons. The van der Waals surface area contributed by atoms with Crippen LogP contribution in [0, 0.1) is 0 Å². The number of aliphatic hydroxyl groups excluding tert-OH is 1. The zero-order valence-corrected chi connectivity index (χ0v) is 10.5. The van der Waals surface area contributed by atoms with Gasteiger partial charge in [-0.15, -0.1) is 0 Å². The lowest BCUT2D eigenvalue weighted by Gasteiger charge is -2.19. The standard InChI is InChI=1S/C13H19F3N2O/c14-13(15,16)6-7-18-9-12(19)11(17)8-10-4-2-1-3-5-10/h1-5,11-12,18-19H,6-9,17H2/t11-,12+/m0/s1. The molecule has 2 atom stereocenters. The van der Waals surface area contributed by atoms with E-state index in [4.69, 9.17) is 5.73 Å². The summed E-state index contributed by atoms with van der Waals surface area (Å²) < 4.78 is 35.7. The Morgan fingerprint density at radius 1 is 1.21 bits per heavy atom. The average molecular weight is 276 g/mol. The van der Waals surface area contributed by atoms with Crippen molar-refractivity contribution in [1.29, 1.82) is 0 Å². The van der Waals surface area contributed by atoms with E-state index in [-0.39, 0.29) is 13.1 Å². The first kappa shape index (κ1) is 15.9. The third-order valence-corrected chi connectivity index (χ3v) is 2.75. The van der Waals surface area contributed by atoms with Gasteiger partial charge in [0, 0.05) is 19.1 Å². The van der Waals surface area contributed by atoms with E-state index < -0.39 is 24.7 Å². The van der Waals surface area contributed by atoms with Crippen LogP contribution in [-0.2, 0) is 6.42 Å². The van der Waals surface area contributed by atoms with Crippen LogP contribution < -0.4 is 11.1 Å². The van der Waals surface area contributed by atoms with Crippen molar-refractivity contribution in [2.45, 2.75) is 31.2 Å². The van der Waals surface area contributed by atoms with Gasteiger partial charge in [0.25, 0.3) is 0 Å². The van der Waals surface area contributed by atoms with E-state index in [9.17, 15) is 18.3 Å². The smallest absolute Gasteiger partial charge is 0.390 e. The first-order chi connectivity index (χ1) is 8.88. The largest absolute Gasteiger partial charge is 0.390 e. The van der Waals surface area contributed by atoms with Gasteiger partial charge in [0.05, 0.1) is 12.5 Å². The van der Waals surface area contributed by atoms with E-state index in [0.29, 0.717) is 6.42 Å². The average Bonchev–Trinajstić information content (AvgIpc) is 2.34. The van der Waals surface area contributed by atoms with Crippen molar-refractivity contribution >= 4 is 0 Å². The van der Waals surface area contributed by atoms with Crippen LogP contribution in [0.4, 0.5) is 13.2 Å². The summed E-state index contributed by atoms with van der Waals surface area (Å²) in [6.07, 6.45) is -5.46. The maximum atomic E-state index is 11.9. The van der Waals surface area contributed by atoms with Crippen LogP contribution >= 0.6 is 0 Å². The Hall–Kier alpha value is -1.11. The molecule has 0 spiro atoms. The molecule has 0 radical (unpaired) electrons. The molecule has 0 saturated carbocycles.